The number of hydrogen-bond acceptors (Lipinski definition) is 3. The number of carbonyl (C=O) groups excluding carboxylic acids is 2. The first-order valence-electron chi connectivity index (χ1n) is 8.90. The summed E-state index contributed by atoms with van der Waals surface area (Å²) in [6.07, 6.45) is 0. The smallest absolute Gasteiger partial charge is 0.242 e. The quantitative estimate of drug-likeness (QED) is 0.694. The van der Waals surface area contributed by atoms with Gasteiger partial charge in [-0.3, -0.25) is 9.59 Å². The summed E-state index contributed by atoms with van der Waals surface area (Å²) in [5.41, 5.74) is 2.42. The van der Waals surface area contributed by atoms with Gasteiger partial charge >= 0.3 is 0 Å². The van der Waals surface area contributed by atoms with E-state index in [-0.39, 0.29) is 29.1 Å². The number of hydrogen-bond donors (Lipinski definition) is 1. The minimum atomic E-state index is -0.615. The maximum atomic E-state index is 13.9. The van der Waals surface area contributed by atoms with Crippen LogP contribution in [-0.4, -0.2) is 35.6 Å². The molecule has 2 aromatic carbocycles. The van der Waals surface area contributed by atoms with E-state index in [1.54, 1.807) is 31.0 Å². The highest BCUT2D eigenvalue weighted by atomic mass is 35.5. The Morgan fingerprint density at radius 3 is 2.61 bits per heavy atom. The lowest BCUT2D eigenvalue weighted by Crippen LogP contribution is -2.47. The van der Waals surface area contributed by atoms with E-state index in [2.05, 4.69) is 5.32 Å². The molecule has 0 unspecified atom stereocenters. The first-order valence-corrected chi connectivity index (χ1v) is 10.4. The van der Waals surface area contributed by atoms with Crippen molar-refractivity contribution >= 4 is 35.2 Å². The van der Waals surface area contributed by atoms with Gasteiger partial charge in [-0.2, -0.15) is 0 Å². The first-order chi connectivity index (χ1) is 13.3. The molecule has 0 heterocycles. The molecule has 2 amide bonds. The predicted molar refractivity (Wildman–Crippen MR) is 113 cm³/mol. The molecule has 0 aliphatic rings. The fraction of sp³-hybridized carbons (Fsp3) is 0.333. The molecular formula is C21H24ClFN2O2S. The van der Waals surface area contributed by atoms with Gasteiger partial charge < -0.3 is 10.2 Å². The van der Waals surface area contributed by atoms with E-state index in [9.17, 15) is 14.0 Å². The zero-order valence-electron chi connectivity index (χ0n) is 16.2. The van der Waals surface area contributed by atoms with Gasteiger partial charge in [-0.05, 0) is 31.5 Å². The van der Waals surface area contributed by atoms with E-state index in [1.807, 2.05) is 31.2 Å². The Hall–Kier alpha value is -2.05. The fourth-order valence-corrected chi connectivity index (χ4v) is 4.04. The highest BCUT2D eigenvalue weighted by molar-refractivity contribution is 7.99. The maximum Gasteiger partial charge on any atom is 0.242 e. The second-order valence-corrected chi connectivity index (χ2v) is 7.89. The summed E-state index contributed by atoms with van der Waals surface area (Å²) in [7, 11) is 1.54. The average molecular weight is 423 g/mol. The van der Waals surface area contributed by atoms with E-state index in [4.69, 9.17) is 11.6 Å². The summed E-state index contributed by atoms with van der Waals surface area (Å²) >= 11 is 7.31. The molecule has 0 radical (unpaired) electrons. The second-order valence-electron chi connectivity index (χ2n) is 6.49. The molecule has 4 nitrogen and oxygen atoms in total. The number of carbonyl (C=O) groups is 2. The van der Waals surface area contributed by atoms with Crippen LogP contribution in [0.25, 0.3) is 0 Å². The van der Waals surface area contributed by atoms with Gasteiger partial charge in [0.2, 0.25) is 11.8 Å². The van der Waals surface area contributed by atoms with Crippen molar-refractivity contribution in [2.45, 2.75) is 32.2 Å². The molecule has 0 bridgehead atoms. The third kappa shape index (κ3) is 5.97. The molecule has 2 rings (SSSR count). The normalized spacial score (nSPS) is 11.8. The number of thioether (sulfide) groups is 1. The molecule has 0 saturated heterocycles. The predicted octanol–water partition coefficient (Wildman–Crippen LogP) is 4.18. The summed E-state index contributed by atoms with van der Waals surface area (Å²) in [6.45, 7) is 4.01. The zero-order chi connectivity index (χ0) is 20.7. The highest BCUT2D eigenvalue weighted by Gasteiger charge is 2.25. The molecule has 0 aromatic heterocycles. The molecule has 150 valence electrons. The SMILES string of the molecule is CNC(=O)[C@H](C)N(Cc1cccc(C)c1)C(=O)CSCc1c(F)cccc1Cl. The van der Waals surface area contributed by atoms with Crippen molar-refractivity contribution in [1.82, 2.24) is 10.2 Å². The Kier molecular flexibility index (Phi) is 8.33. The van der Waals surface area contributed by atoms with Gasteiger partial charge in [-0.25, -0.2) is 4.39 Å². The van der Waals surface area contributed by atoms with Gasteiger partial charge in [0.15, 0.2) is 0 Å². The second kappa shape index (κ2) is 10.5. The van der Waals surface area contributed by atoms with Gasteiger partial charge in [0.25, 0.3) is 0 Å². The number of likely N-dealkylation sites (N-methyl/N-ethyl adjacent to an activating group) is 1. The minimum Gasteiger partial charge on any atom is -0.357 e. The van der Waals surface area contributed by atoms with Crippen LogP contribution in [0.1, 0.15) is 23.6 Å². The maximum absolute atomic E-state index is 13.9. The van der Waals surface area contributed by atoms with E-state index in [0.717, 1.165) is 11.1 Å². The minimum absolute atomic E-state index is 0.123. The van der Waals surface area contributed by atoms with Crippen LogP contribution in [0.3, 0.4) is 0 Å². The molecule has 0 aliphatic carbocycles. The molecule has 7 heteroatoms. The molecule has 1 N–H and O–H groups in total. The largest absolute Gasteiger partial charge is 0.357 e. The summed E-state index contributed by atoms with van der Waals surface area (Å²) in [5, 5.41) is 2.93. The summed E-state index contributed by atoms with van der Waals surface area (Å²) in [4.78, 5) is 26.5. The van der Waals surface area contributed by atoms with Crippen LogP contribution >= 0.6 is 23.4 Å². The van der Waals surface area contributed by atoms with Crippen molar-refractivity contribution < 1.29 is 14.0 Å². The molecule has 1 atom stereocenters. The Morgan fingerprint density at radius 1 is 1.25 bits per heavy atom. The zero-order valence-corrected chi connectivity index (χ0v) is 17.7. The lowest BCUT2D eigenvalue weighted by molar-refractivity contribution is -0.138. The summed E-state index contributed by atoms with van der Waals surface area (Å²) < 4.78 is 13.9. The standard InChI is InChI=1S/C21H24ClFN2O2S/c1-14-6-4-7-16(10-14)11-25(15(2)21(27)24-3)20(26)13-28-12-17-18(22)8-5-9-19(17)23/h4-10,15H,11-13H2,1-3H3,(H,24,27)/t15-/m0/s1. The molecule has 2 aromatic rings. The molecule has 0 spiro atoms. The van der Waals surface area contributed by atoms with Crippen molar-refractivity contribution in [3.63, 3.8) is 0 Å². The van der Waals surface area contributed by atoms with E-state index in [0.29, 0.717) is 17.1 Å². The van der Waals surface area contributed by atoms with Gasteiger partial charge in [0, 0.05) is 29.9 Å². The Bertz CT molecular complexity index is 827. The van der Waals surface area contributed by atoms with Crippen LogP contribution < -0.4 is 5.32 Å². The highest BCUT2D eigenvalue weighted by Crippen LogP contribution is 2.24. The van der Waals surface area contributed by atoms with Crippen molar-refractivity contribution in [2.24, 2.45) is 0 Å². The fourth-order valence-electron chi connectivity index (χ4n) is 2.79. The van der Waals surface area contributed by atoms with E-state index < -0.39 is 6.04 Å². The Balaban J connectivity index is 2.08. The topological polar surface area (TPSA) is 49.4 Å². The van der Waals surface area contributed by atoms with Crippen molar-refractivity contribution in [2.75, 3.05) is 12.8 Å². The average Bonchev–Trinajstić information content (AvgIpc) is 2.67. The lowest BCUT2D eigenvalue weighted by Gasteiger charge is -2.28. The van der Waals surface area contributed by atoms with E-state index >= 15 is 0 Å². The number of nitrogens with one attached hydrogen (secondary N) is 1. The van der Waals surface area contributed by atoms with Gasteiger partial charge in [0.05, 0.1) is 5.75 Å². The molecular weight excluding hydrogens is 399 g/mol. The van der Waals surface area contributed by atoms with Crippen LogP contribution in [0.15, 0.2) is 42.5 Å². The van der Waals surface area contributed by atoms with Crippen LogP contribution in [0, 0.1) is 12.7 Å². The van der Waals surface area contributed by atoms with Crippen molar-refractivity contribution in [1.29, 1.82) is 0 Å². The van der Waals surface area contributed by atoms with Crippen molar-refractivity contribution in [3.8, 4) is 0 Å². The number of aryl methyl sites for hydroxylation is 1. The summed E-state index contributed by atoms with van der Waals surface area (Å²) in [5.74, 6) is -0.400. The summed E-state index contributed by atoms with van der Waals surface area (Å²) in [6, 6.07) is 11.7. The van der Waals surface area contributed by atoms with Crippen molar-refractivity contribution in [3.05, 3.63) is 70.0 Å². The van der Waals surface area contributed by atoms with Gasteiger partial charge in [0.1, 0.15) is 11.9 Å². The monoisotopic (exact) mass is 422 g/mol. The number of halogens is 2. The molecule has 0 fully saturated rings. The number of benzene rings is 2. The van der Waals surface area contributed by atoms with Crippen LogP contribution in [0.5, 0.6) is 0 Å². The number of amides is 2. The molecule has 0 saturated carbocycles. The first kappa shape index (κ1) is 22.2. The van der Waals surface area contributed by atoms with Crippen LogP contribution in [0.2, 0.25) is 5.02 Å². The van der Waals surface area contributed by atoms with Gasteiger partial charge in [-0.1, -0.05) is 47.5 Å². The Labute approximate surface area is 174 Å². The number of nitrogens with zero attached hydrogens (tertiary/aromatic N) is 1. The third-order valence-electron chi connectivity index (χ3n) is 4.38. The third-order valence-corrected chi connectivity index (χ3v) is 5.68. The molecule has 0 aliphatic heterocycles. The van der Waals surface area contributed by atoms with E-state index in [1.165, 1.54) is 17.8 Å². The van der Waals surface area contributed by atoms with Crippen LogP contribution in [-0.2, 0) is 21.9 Å². The lowest BCUT2D eigenvalue weighted by atomic mass is 10.1. The van der Waals surface area contributed by atoms with Gasteiger partial charge in [-0.15, -0.1) is 11.8 Å². The number of rotatable bonds is 8. The Morgan fingerprint density at radius 2 is 1.96 bits per heavy atom. The van der Waals surface area contributed by atoms with Crippen LogP contribution in [0.4, 0.5) is 4.39 Å². The molecule has 28 heavy (non-hydrogen) atoms.